The van der Waals surface area contributed by atoms with Crippen molar-refractivity contribution in [2.24, 2.45) is 0 Å². The minimum atomic E-state index is 0.283. The summed E-state index contributed by atoms with van der Waals surface area (Å²) in [7, 11) is 0. The SMILES string of the molecule is O=C1CCN(CCCC2CCCO2)c2ccccc21. The fourth-order valence-electron chi connectivity index (χ4n) is 3.09. The number of nitrogens with zero attached hydrogens (tertiary/aromatic N) is 1. The number of fused-ring (bicyclic) bond motifs is 1. The Morgan fingerprint density at radius 3 is 3.05 bits per heavy atom. The summed E-state index contributed by atoms with van der Waals surface area (Å²) in [6.07, 6.45) is 5.85. The molecule has 1 fully saturated rings. The third-order valence-corrected chi connectivity index (χ3v) is 4.13. The Balaban J connectivity index is 1.59. The van der Waals surface area contributed by atoms with Gasteiger partial charge in [0.1, 0.15) is 0 Å². The fraction of sp³-hybridized carbons (Fsp3) is 0.562. The molecule has 3 heteroatoms. The molecule has 2 aliphatic rings. The first-order valence-electron chi connectivity index (χ1n) is 7.33. The van der Waals surface area contributed by atoms with E-state index in [4.69, 9.17) is 4.74 Å². The Bertz CT molecular complexity index is 452. The molecule has 1 aromatic rings. The summed E-state index contributed by atoms with van der Waals surface area (Å²) >= 11 is 0. The fourth-order valence-corrected chi connectivity index (χ4v) is 3.09. The van der Waals surface area contributed by atoms with Gasteiger partial charge in [-0.2, -0.15) is 0 Å². The molecule has 102 valence electrons. The van der Waals surface area contributed by atoms with Crippen molar-refractivity contribution in [3.8, 4) is 0 Å². The second kappa shape index (κ2) is 5.74. The number of hydrogen-bond acceptors (Lipinski definition) is 3. The quantitative estimate of drug-likeness (QED) is 0.832. The molecule has 0 amide bonds. The van der Waals surface area contributed by atoms with E-state index < -0.39 is 0 Å². The van der Waals surface area contributed by atoms with Crippen LogP contribution in [0.15, 0.2) is 24.3 Å². The van der Waals surface area contributed by atoms with Crippen LogP contribution in [0, 0.1) is 0 Å². The predicted octanol–water partition coefficient (Wildman–Crippen LogP) is 3.04. The molecule has 0 N–H and O–H groups in total. The van der Waals surface area contributed by atoms with E-state index in [0.29, 0.717) is 12.5 Å². The first-order chi connectivity index (χ1) is 9.34. The van der Waals surface area contributed by atoms with Gasteiger partial charge in [0.2, 0.25) is 0 Å². The molecule has 2 heterocycles. The molecule has 3 rings (SSSR count). The first-order valence-corrected chi connectivity index (χ1v) is 7.33. The topological polar surface area (TPSA) is 29.5 Å². The minimum absolute atomic E-state index is 0.283. The third-order valence-electron chi connectivity index (χ3n) is 4.13. The highest BCUT2D eigenvalue weighted by molar-refractivity contribution is 6.03. The Hall–Kier alpha value is -1.35. The molecule has 0 aliphatic carbocycles. The molecule has 3 nitrogen and oxygen atoms in total. The van der Waals surface area contributed by atoms with Gasteiger partial charge in [0.25, 0.3) is 0 Å². The average molecular weight is 259 g/mol. The molecule has 1 saturated heterocycles. The molecule has 19 heavy (non-hydrogen) atoms. The van der Waals surface area contributed by atoms with Gasteiger partial charge in [-0.3, -0.25) is 4.79 Å². The molecule has 0 saturated carbocycles. The maximum atomic E-state index is 11.9. The number of carbonyl (C=O) groups is 1. The van der Waals surface area contributed by atoms with E-state index in [1.807, 2.05) is 18.2 Å². The van der Waals surface area contributed by atoms with Gasteiger partial charge >= 0.3 is 0 Å². The lowest BCUT2D eigenvalue weighted by atomic mass is 10.00. The van der Waals surface area contributed by atoms with Crippen molar-refractivity contribution in [3.63, 3.8) is 0 Å². The summed E-state index contributed by atoms with van der Waals surface area (Å²) < 4.78 is 5.66. The van der Waals surface area contributed by atoms with Crippen molar-refractivity contribution >= 4 is 11.5 Å². The summed E-state index contributed by atoms with van der Waals surface area (Å²) in [6, 6.07) is 7.99. The van der Waals surface area contributed by atoms with E-state index in [1.54, 1.807) is 0 Å². The van der Waals surface area contributed by atoms with Crippen molar-refractivity contribution < 1.29 is 9.53 Å². The van der Waals surface area contributed by atoms with E-state index in [9.17, 15) is 4.79 Å². The molecular weight excluding hydrogens is 238 g/mol. The molecular formula is C16H21NO2. The lowest BCUT2D eigenvalue weighted by Crippen LogP contribution is -2.33. The smallest absolute Gasteiger partial charge is 0.166 e. The molecule has 1 aromatic carbocycles. The van der Waals surface area contributed by atoms with Crippen LogP contribution in [0.5, 0.6) is 0 Å². The summed E-state index contributed by atoms with van der Waals surface area (Å²) in [5.74, 6) is 0.283. The Morgan fingerprint density at radius 1 is 1.32 bits per heavy atom. The number of para-hydroxylation sites is 1. The molecule has 1 unspecified atom stereocenters. The molecule has 0 aromatic heterocycles. The maximum Gasteiger partial charge on any atom is 0.166 e. The van der Waals surface area contributed by atoms with Crippen molar-refractivity contribution in [2.75, 3.05) is 24.6 Å². The van der Waals surface area contributed by atoms with Crippen LogP contribution >= 0.6 is 0 Å². The Labute approximate surface area is 114 Å². The van der Waals surface area contributed by atoms with Crippen molar-refractivity contribution in [1.82, 2.24) is 0 Å². The zero-order chi connectivity index (χ0) is 13.1. The van der Waals surface area contributed by atoms with E-state index >= 15 is 0 Å². The average Bonchev–Trinajstić information content (AvgIpc) is 2.95. The monoisotopic (exact) mass is 259 g/mol. The van der Waals surface area contributed by atoms with Crippen molar-refractivity contribution in [1.29, 1.82) is 0 Å². The summed E-state index contributed by atoms with van der Waals surface area (Å²) in [5, 5.41) is 0. The van der Waals surface area contributed by atoms with Crippen LogP contribution in [0.4, 0.5) is 5.69 Å². The lowest BCUT2D eigenvalue weighted by Gasteiger charge is -2.30. The number of ether oxygens (including phenoxy) is 1. The van der Waals surface area contributed by atoms with Crippen LogP contribution < -0.4 is 4.90 Å². The third kappa shape index (κ3) is 2.81. The Morgan fingerprint density at radius 2 is 2.21 bits per heavy atom. The molecule has 0 radical (unpaired) electrons. The Kier molecular flexibility index (Phi) is 3.83. The van der Waals surface area contributed by atoms with Gasteiger partial charge in [-0.1, -0.05) is 12.1 Å². The van der Waals surface area contributed by atoms with E-state index in [2.05, 4.69) is 11.0 Å². The van der Waals surface area contributed by atoms with Crippen LogP contribution in [0.2, 0.25) is 0 Å². The number of anilines is 1. The second-order valence-electron chi connectivity index (χ2n) is 5.45. The zero-order valence-corrected chi connectivity index (χ0v) is 11.3. The van der Waals surface area contributed by atoms with E-state index in [-0.39, 0.29) is 5.78 Å². The summed E-state index contributed by atoms with van der Waals surface area (Å²) in [4.78, 5) is 14.2. The van der Waals surface area contributed by atoms with Crippen LogP contribution in [0.1, 0.15) is 42.5 Å². The lowest BCUT2D eigenvalue weighted by molar-refractivity contribution is 0.0975. The van der Waals surface area contributed by atoms with Crippen molar-refractivity contribution in [2.45, 2.75) is 38.2 Å². The normalized spacial score (nSPS) is 22.6. The van der Waals surface area contributed by atoms with Crippen LogP contribution in [0.3, 0.4) is 0 Å². The van der Waals surface area contributed by atoms with Gasteiger partial charge in [0.05, 0.1) is 6.10 Å². The van der Waals surface area contributed by atoms with Crippen LogP contribution in [0.25, 0.3) is 0 Å². The van der Waals surface area contributed by atoms with Gasteiger partial charge < -0.3 is 9.64 Å². The number of benzene rings is 1. The second-order valence-corrected chi connectivity index (χ2v) is 5.45. The van der Waals surface area contributed by atoms with Gasteiger partial charge in [-0.25, -0.2) is 0 Å². The first kappa shape index (κ1) is 12.7. The number of carbonyl (C=O) groups excluding carboxylic acids is 1. The van der Waals surface area contributed by atoms with Crippen LogP contribution in [-0.2, 0) is 4.74 Å². The van der Waals surface area contributed by atoms with Crippen LogP contribution in [-0.4, -0.2) is 31.6 Å². The standard InChI is InChI=1S/C16H21NO2/c18-16-9-11-17(15-8-2-1-7-14(15)16)10-3-5-13-6-4-12-19-13/h1-2,7-8,13H,3-6,9-12H2. The predicted molar refractivity (Wildman–Crippen MR) is 75.8 cm³/mol. The number of ketones is 1. The van der Waals surface area contributed by atoms with E-state index in [0.717, 1.165) is 43.8 Å². The van der Waals surface area contributed by atoms with Gasteiger partial charge in [0.15, 0.2) is 5.78 Å². The zero-order valence-electron chi connectivity index (χ0n) is 11.3. The van der Waals surface area contributed by atoms with Gasteiger partial charge in [0, 0.05) is 37.4 Å². The number of rotatable bonds is 4. The highest BCUT2D eigenvalue weighted by Crippen LogP contribution is 2.27. The summed E-state index contributed by atoms with van der Waals surface area (Å²) in [6.45, 7) is 2.83. The van der Waals surface area contributed by atoms with E-state index in [1.165, 1.54) is 12.8 Å². The highest BCUT2D eigenvalue weighted by Gasteiger charge is 2.22. The molecule has 0 spiro atoms. The molecule has 0 bridgehead atoms. The largest absolute Gasteiger partial charge is 0.378 e. The van der Waals surface area contributed by atoms with Gasteiger partial charge in [-0.05, 0) is 37.8 Å². The van der Waals surface area contributed by atoms with Gasteiger partial charge in [-0.15, -0.1) is 0 Å². The minimum Gasteiger partial charge on any atom is -0.378 e. The number of hydrogen-bond donors (Lipinski definition) is 0. The van der Waals surface area contributed by atoms with Crippen molar-refractivity contribution in [3.05, 3.63) is 29.8 Å². The summed E-state index contributed by atoms with van der Waals surface area (Å²) in [5.41, 5.74) is 2.01. The molecule has 2 aliphatic heterocycles. The highest BCUT2D eigenvalue weighted by atomic mass is 16.5. The molecule has 1 atom stereocenters. The number of Topliss-reactive ketones (excluding diaryl/α,β-unsaturated/α-hetero) is 1. The maximum absolute atomic E-state index is 11.9.